The highest BCUT2D eigenvalue weighted by atomic mass is 32.2. The van der Waals surface area contributed by atoms with Crippen LogP contribution in [0, 0.1) is 0 Å². The summed E-state index contributed by atoms with van der Waals surface area (Å²) in [7, 11) is 0.542. The summed E-state index contributed by atoms with van der Waals surface area (Å²) < 4.78 is 26.4. The lowest BCUT2D eigenvalue weighted by Gasteiger charge is -2.45. The third-order valence-corrected chi connectivity index (χ3v) is 7.68. The molecule has 1 aromatic rings. The molecule has 100 valence electrons. The molecule has 0 aliphatic carbocycles. The van der Waals surface area contributed by atoms with E-state index in [0.717, 1.165) is 18.7 Å². The van der Waals surface area contributed by atoms with Gasteiger partial charge in [-0.25, -0.2) is 8.42 Å². The monoisotopic (exact) mass is 286 g/mol. The number of nitrogens with zero attached hydrogens (tertiary/aromatic N) is 2. The van der Waals surface area contributed by atoms with Gasteiger partial charge in [-0.15, -0.1) is 0 Å². The summed E-state index contributed by atoms with van der Waals surface area (Å²) in [6.45, 7) is 2.23. The molecule has 2 aliphatic rings. The number of sulfonamides is 1. The van der Waals surface area contributed by atoms with E-state index < -0.39 is 14.8 Å². The van der Waals surface area contributed by atoms with Gasteiger partial charge in [-0.3, -0.25) is 0 Å². The zero-order chi connectivity index (χ0) is 13.0. The van der Waals surface area contributed by atoms with E-state index in [4.69, 9.17) is 0 Å². The normalized spacial score (nSPS) is 27.2. The molecular weight excluding hydrogens is 268 g/mol. The molecular formula is C12H18N2O2S2. The molecule has 0 amide bonds. The standard InChI is InChI=1S/C12H18N2O2S2/c1-13-5-3-12(4-6-13)11-9-17-8-10(11)7-14(2)18(12,15)16/h8-9H,3-7H2,1-2H3. The predicted molar refractivity (Wildman–Crippen MR) is 73.1 cm³/mol. The molecule has 1 spiro atoms. The number of hydrogen-bond acceptors (Lipinski definition) is 4. The maximum absolute atomic E-state index is 12.8. The largest absolute Gasteiger partial charge is 0.306 e. The first-order valence-corrected chi connectivity index (χ1v) is 8.56. The van der Waals surface area contributed by atoms with E-state index >= 15 is 0 Å². The number of thiophene rings is 1. The topological polar surface area (TPSA) is 40.6 Å². The van der Waals surface area contributed by atoms with Crippen molar-refractivity contribution in [2.75, 3.05) is 27.2 Å². The quantitative estimate of drug-likeness (QED) is 0.725. The molecule has 0 atom stereocenters. The average Bonchev–Trinajstić information content (AvgIpc) is 2.78. The van der Waals surface area contributed by atoms with Gasteiger partial charge in [0.15, 0.2) is 0 Å². The summed E-state index contributed by atoms with van der Waals surface area (Å²) in [5.41, 5.74) is 2.26. The van der Waals surface area contributed by atoms with E-state index in [0.29, 0.717) is 19.4 Å². The van der Waals surface area contributed by atoms with Gasteiger partial charge in [-0.2, -0.15) is 15.6 Å². The van der Waals surface area contributed by atoms with E-state index in [2.05, 4.69) is 17.3 Å². The summed E-state index contributed by atoms with van der Waals surface area (Å²) in [6, 6.07) is 0. The van der Waals surface area contributed by atoms with Gasteiger partial charge in [0.05, 0.1) is 0 Å². The van der Waals surface area contributed by atoms with Crippen LogP contribution in [-0.4, -0.2) is 44.8 Å². The van der Waals surface area contributed by atoms with E-state index in [1.54, 1.807) is 18.4 Å². The van der Waals surface area contributed by atoms with Crippen molar-refractivity contribution < 1.29 is 8.42 Å². The van der Waals surface area contributed by atoms with Crippen LogP contribution < -0.4 is 0 Å². The lowest BCUT2D eigenvalue weighted by Crippen LogP contribution is -2.53. The van der Waals surface area contributed by atoms with Crippen molar-refractivity contribution in [3.8, 4) is 0 Å². The molecule has 2 aliphatic heterocycles. The Morgan fingerprint density at radius 2 is 1.89 bits per heavy atom. The average molecular weight is 286 g/mol. The zero-order valence-electron chi connectivity index (χ0n) is 10.7. The molecule has 18 heavy (non-hydrogen) atoms. The van der Waals surface area contributed by atoms with Crippen LogP contribution in [0.15, 0.2) is 10.8 Å². The van der Waals surface area contributed by atoms with Crippen molar-refractivity contribution in [3.05, 3.63) is 21.9 Å². The van der Waals surface area contributed by atoms with E-state index in [1.807, 2.05) is 5.38 Å². The summed E-state index contributed by atoms with van der Waals surface area (Å²) in [5, 5.41) is 4.14. The minimum atomic E-state index is -3.22. The Kier molecular flexibility index (Phi) is 2.82. The summed E-state index contributed by atoms with van der Waals surface area (Å²) in [5.74, 6) is 0. The highest BCUT2D eigenvalue weighted by molar-refractivity contribution is 7.90. The maximum Gasteiger partial charge on any atom is 0.224 e. The second kappa shape index (κ2) is 4.03. The first-order chi connectivity index (χ1) is 8.47. The van der Waals surface area contributed by atoms with Crippen molar-refractivity contribution in [2.45, 2.75) is 24.1 Å². The van der Waals surface area contributed by atoms with Crippen LogP contribution in [0.1, 0.15) is 24.0 Å². The molecule has 6 heteroatoms. The summed E-state index contributed by atoms with van der Waals surface area (Å²) in [6.07, 6.45) is 1.42. The highest BCUT2D eigenvalue weighted by Gasteiger charge is 2.52. The SMILES string of the molecule is CN1CCC2(CC1)c1cscc1CN(C)S2(=O)=O. The van der Waals surface area contributed by atoms with Crippen molar-refractivity contribution in [3.63, 3.8) is 0 Å². The fourth-order valence-corrected chi connectivity index (χ4v) is 6.21. The number of piperidine rings is 1. The van der Waals surface area contributed by atoms with Crippen LogP contribution in [0.3, 0.4) is 0 Å². The number of hydrogen-bond donors (Lipinski definition) is 0. The molecule has 0 aromatic carbocycles. The van der Waals surface area contributed by atoms with Gasteiger partial charge in [0.1, 0.15) is 4.75 Å². The van der Waals surface area contributed by atoms with Gasteiger partial charge in [-0.1, -0.05) is 0 Å². The van der Waals surface area contributed by atoms with Crippen LogP contribution in [0.4, 0.5) is 0 Å². The van der Waals surface area contributed by atoms with Crippen molar-refractivity contribution in [1.29, 1.82) is 0 Å². The number of rotatable bonds is 0. The maximum atomic E-state index is 12.8. The van der Waals surface area contributed by atoms with Crippen molar-refractivity contribution in [2.24, 2.45) is 0 Å². The molecule has 0 saturated carbocycles. The lowest BCUT2D eigenvalue weighted by molar-refractivity contribution is 0.221. The third kappa shape index (κ3) is 1.52. The zero-order valence-corrected chi connectivity index (χ0v) is 12.4. The van der Waals surface area contributed by atoms with Gasteiger partial charge in [0.2, 0.25) is 10.0 Å². The van der Waals surface area contributed by atoms with Crippen LogP contribution in [0.5, 0.6) is 0 Å². The molecule has 0 radical (unpaired) electrons. The lowest BCUT2D eigenvalue weighted by atomic mass is 9.87. The van der Waals surface area contributed by atoms with Crippen molar-refractivity contribution in [1.82, 2.24) is 9.21 Å². The number of likely N-dealkylation sites (tertiary alicyclic amines) is 1. The fourth-order valence-electron chi connectivity index (χ4n) is 3.11. The smallest absolute Gasteiger partial charge is 0.224 e. The number of fused-ring (bicyclic) bond motifs is 2. The Morgan fingerprint density at radius 1 is 1.22 bits per heavy atom. The molecule has 4 nitrogen and oxygen atoms in total. The van der Waals surface area contributed by atoms with Crippen LogP contribution in [0.2, 0.25) is 0 Å². The molecule has 0 N–H and O–H groups in total. The van der Waals surface area contributed by atoms with Crippen LogP contribution in [-0.2, 0) is 21.3 Å². The van der Waals surface area contributed by atoms with E-state index in [1.165, 1.54) is 9.87 Å². The Morgan fingerprint density at radius 3 is 2.56 bits per heavy atom. The first kappa shape index (κ1) is 12.6. The molecule has 0 unspecified atom stereocenters. The Bertz CT molecular complexity index is 556. The van der Waals surface area contributed by atoms with Gasteiger partial charge < -0.3 is 4.90 Å². The van der Waals surface area contributed by atoms with Gasteiger partial charge in [0.25, 0.3) is 0 Å². The van der Waals surface area contributed by atoms with Crippen molar-refractivity contribution >= 4 is 21.4 Å². The third-order valence-electron chi connectivity index (χ3n) is 4.32. The van der Waals surface area contributed by atoms with Crippen LogP contribution >= 0.6 is 11.3 Å². The Labute approximate surface area is 112 Å². The Balaban J connectivity index is 2.16. The van der Waals surface area contributed by atoms with E-state index in [9.17, 15) is 8.42 Å². The van der Waals surface area contributed by atoms with Gasteiger partial charge >= 0.3 is 0 Å². The second-order valence-corrected chi connectivity index (χ2v) is 8.47. The van der Waals surface area contributed by atoms with Gasteiger partial charge in [0, 0.05) is 13.6 Å². The van der Waals surface area contributed by atoms with E-state index in [-0.39, 0.29) is 0 Å². The van der Waals surface area contributed by atoms with Gasteiger partial charge in [-0.05, 0) is 54.9 Å². The molecule has 1 saturated heterocycles. The molecule has 1 fully saturated rings. The first-order valence-electron chi connectivity index (χ1n) is 6.17. The second-order valence-electron chi connectivity index (χ2n) is 5.37. The highest BCUT2D eigenvalue weighted by Crippen LogP contribution is 2.47. The molecule has 1 aromatic heterocycles. The Hall–Kier alpha value is -0.430. The molecule has 3 rings (SSSR count). The van der Waals surface area contributed by atoms with Crippen LogP contribution in [0.25, 0.3) is 0 Å². The molecule has 3 heterocycles. The fraction of sp³-hybridized carbons (Fsp3) is 0.667. The summed E-state index contributed by atoms with van der Waals surface area (Å²) >= 11 is 1.62. The predicted octanol–water partition coefficient (Wildman–Crippen LogP) is 1.44. The minimum absolute atomic E-state index is 0.527. The minimum Gasteiger partial charge on any atom is -0.306 e. The summed E-state index contributed by atoms with van der Waals surface area (Å²) in [4.78, 5) is 2.21. The molecule has 0 bridgehead atoms.